The van der Waals surface area contributed by atoms with Gasteiger partial charge in [-0.05, 0) is 35.7 Å². The van der Waals surface area contributed by atoms with E-state index < -0.39 is 0 Å². The molecule has 0 spiro atoms. The molecule has 0 radical (unpaired) electrons. The van der Waals surface area contributed by atoms with Crippen molar-refractivity contribution in [3.05, 3.63) is 70.2 Å². The van der Waals surface area contributed by atoms with Crippen molar-refractivity contribution in [1.82, 2.24) is 0 Å². The SMILES string of the molecule is Cc1cc(Cl)ccc1C=Cc1ccccc1. The predicted molar refractivity (Wildman–Crippen MR) is 71.6 cm³/mol. The van der Waals surface area contributed by atoms with Crippen LogP contribution in [0.25, 0.3) is 12.2 Å². The molecule has 0 saturated heterocycles. The van der Waals surface area contributed by atoms with Crippen LogP contribution in [0.2, 0.25) is 5.02 Å². The van der Waals surface area contributed by atoms with E-state index in [4.69, 9.17) is 11.6 Å². The normalized spacial score (nSPS) is 10.9. The first-order chi connectivity index (χ1) is 7.75. The Balaban J connectivity index is 2.24. The summed E-state index contributed by atoms with van der Waals surface area (Å²) in [6.45, 7) is 2.07. The van der Waals surface area contributed by atoms with Crippen molar-refractivity contribution in [3.8, 4) is 0 Å². The molecule has 0 unspecified atom stereocenters. The molecule has 0 N–H and O–H groups in total. The molecule has 1 heteroatoms. The summed E-state index contributed by atoms with van der Waals surface area (Å²) in [5.41, 5.74) is 3.60. The molecule has 16 heavy (non-hydrogen) atoms. The summed E-state index contributed by atoms with van der Waals surface area (Å²) < 4.78 is 0. The minimum absolute atomic E-state index is 0.786. The van der Waals surface area contributed by atoms with Gasteiger partial charge in [0.05, 0.1) is 0 Å². The highest BCUT2D eigenvalue weighted by Crippen LogP contribution is 2.17. The Bertz CT molecular complexity index is 498. The van der Waals surface area contributed by atoms with Crippen molar-refractivity contribution in [2.24, 2.45) is 0 Å². The molecule has 0 atom stereocenters. The van der Waals surface area contributed by atoms with E-state index in [0.717, 1.165) is 5.02 Å². The zero-order valence-electron chi connectivity index (χ0n) is 9.15. The van der Waals surface area contributed by atoms with Crippen LogP contribution in [0, 0.1) is 6.92 Å². The minimum Gasteiger partial charge on any atom is -0.0843 e. The summed E-state index contributed by atoms with van der Waals surface area (Å²) in [5.74, 6) is 0. The van der Waals surface area contributed by atoms with Crippen molar-refractivity contribution in [2.75, 3.05) is 0 Å². The van der Waals surface area contributed by atoms with E-state index in [1.807, 2.05) is 36.4 Å². The van der Waals surface area contributed by atoms with E-state index in [1.54, 1.807) is 0 Å². The molecule has 0 aromatic heterocycles. The molecular weight excluding hydrogens is 216 g/mol. The monoisotopic (exact) mass is 228 g/mol. The van der Waals surface area contributed by atoms with Crippen molar-refractivity contribution >= 4 is 23.8 Å². The lowest BCUT2D eigenvalue weighted by Crippen LogP contribution is -1.79. The Morgan fingerprint density at radius 1 is 0.938 bits per heavy atom. The molecule has 0 heterocycles. The molecule has 2 aromatic rings. The second-order valence-corrected chi connectivity index (χ2v) is 4.18. The summed E-state index contributed by atoms with van der Waals surface area (Å²) in [7, 11) is 0. The first-order valence-corrected chi connectivity index (χ1v) is 5.63. The van der Waals surface area contributed by atoms with Gasteiger partial charge in [0.25, 0.3) is 0 Å². The van der Waals surface area contributed by atoms with Crippen molar-refractivity contribution < 1.29 is 0 Å². The summed E-state index contributed by atoms with van der Waals surface area (Å²) >= 11 is 5.91. The van der Waals surface area contributed by atoms with Gasteiger partial charge in [0.15, 0.2) is 0 Å². The fourth-order valence-corrected chi connectivity index (χ4v) is 1.80. The predicted octanol–water partition coefficient (Wildman–Crippen LogP) is 4.82. The zero-order valence-corrected chi connectivity index (χ0v) is 9.91. The van der Waals surface area contributed by atoms with Gasteiger partial charge in [0, 0.05) is 5.02 Å². The van der Waals surface area contributed by atoms with Gasteiger partial charge in [0.2, 0.25) is 0 Å². The summed E-state index contributed by atoms with van der Waals surface area (Å²) in [4.78, 5) is 0. The fraction of sp³-hybridized carbons (Fsp3) is 0.0667. The Labute approximate surface area is 101 Å². The summed E-state index contributed by atoms with van der Waals surface area (Å²) in [5, 5.41) is 0.786. The maximum atomic E-state index is 5.91. The average Bonchev–Trinajstić information content (AvgIpc) is 2.29. The van der Waals surface area contributed by atoms with E-state index >= 15 is 0 Å². The van der Waals surface area contributed by atoms with Crippen LogP contribution >= 0.6 is 11.6 Å². The van der Waals surface area contributed by atoms with Gasteiger partial charge in [-0.1, -0.05) is 60.2 Å². The second kappa shape index (κ2) is 5.00. The first-order valence-electron chi connectivity index (χ1n) is 5.25. The summed E-state index contributed by atoms with van der Waals surface area (Å²) in [6.07, 6.45) is 4.22. The van der Waals surface area contributed by atoms with Gasteiger partial charge >= 0.3 is 0 Å². The van der Waals surface area contributed by atoms with Crippen LogP contribution in [0.1, 0.15) is 16.7 Å². The topological polar surface area (TPSA) is 0 Å². The van der Waals surface area contributed by atoms with E-state index in [0.29, 0.717) is 0 Å². The summed E-state index contributed by atoms with van der Waals surface area (Å²) in [6, 6.07) is 16.2. The van der Waals surface area contributed by atoms with Gasteiger partial charge in [-0.2, -0.15) is 0 Å². The van der Waals surface area contributed by atoms with Gasteiger partial charge in [-0.15, -0.1) is 0 Å². The number of aryl methyl sites for hydroxylation is 1. The Hall–Kier alpha value is -1.53. The number of halogens is 1. The van der Waals surface area contributed by atoms with Crippen LogP contribution in [0.4, 0.5) is 0 Å². The quantitative estimate of drug-likeness (QED) is 0.647. The molecule has 2 rings (SSSR count). The Kier molecular flexibility index (Phi) is 3.43. The second-order valence-electron chi connectivity index (χ2n) is 3.74. The van der Waals surface area contributed by atoms with Gasteiger partial charge < -0.3 is 0 Å². The molecule has 0 amide bonds. The minimum atomic E-state index is 0.786. The highest BCUT2D eigenvalue weighted by Gasteiger charge is 1.94. The molecule has 0 bridgehead atoms. The molecule has 80 valence electrons. The first kappa shape index (κ1) is 11.0. The molecule has 0 aliphatic carbocycles. The lowest BCUT2D eigenvalue weighted by atomic mass is 10.1. The van der Waals surface area contributed by atoms with Crippen molar-refractivity contribution in [2.45, 2.75) is 6.92 Å². The van der Waals surface area contributed by atoms with Crippen LogP contribution < -0.4 is 0 Å². The standard InChI is InChI=1S/C15H13Cl/c1-12-11-15(16)10-9-14(12)8-7-13-5-3-2-4-6-13/h2-11H,1H3. The molecule has 0 nitrogen and oxygen atoms in total. The molecule has 2 aromatic carbocycles. The third-order valence-electron chi connectivity index (χ3n) is 2.49. The van der Waals surface area contributed by atoms with Crippen molar-refractivity contribution in [3.63, 3.8) is 0 Å². The lowest BCUT2D eigenvalue weighted by molar-refractivity contribution is 1.45. The molecular formula is C15H13Cl. The number of benzene rings is 2. The highest BCUT2D eigenvalue weighted by atomic mass is 35.5. The maximum Gasteiger partial charge on any atom is 0.0409 e. The van der Waals surface area contributed by atoms with Crippen LogP contribution in [-0.4, -0.2) is 0 Å². The molecule has 0 aliphatic heterocycles. The van der Waals surface area contributed by atoms with Crippen LogP contribution in [-0.2, 0) is 0 Å². The zero-order chi connectivity index (χ0) is 11.4. The van der Waals surface area contributed by atoms with E-state index in [-0.39, 0.29) is 0 Å². The number of rotatable bonds is 2. The van der Waals surface area contributed by atoms with Crippen molar-refractivity contribution in [1.29, 1.82) is 0 Å². The lowest BCUT2D eigenvalue weighted by Gasteiger charge is -2.00. The van der Waals surface area contributed by atoms with E-state index in [2.05, 4.69) is 31.2 Å². The average molecular weight is 229 g/mol. The van der Waals surface area contributed by atoms with E-state index in [1.165, 1.54) is 16.7 Å². The van der Waals surface area contributed by atoms with Crippen LogP contribution in [0.15, 0.2) is 48.5 Å². The van der Waals surface area contributed by atoms with E-state index in [9.17, 15) is 0 Å². The smallest absolute Gasteiger partial charge is 0.0409 e. The molecule has 0 saturated carbocycles. The van der Waals surface area contributed by atoms with Crippen LogP contribution in [0.5, 0.6) is 0 Å². The van der Waals surface area contributed by atoms with Gasteiger partial charge in [-0.25, -0.2) is 0 Å². The Morgan fingerprint density at radius 3 is 2.38 bits per heavy atom. The maximum absolute atomic E-state index is 5.91. The fourth-order valence-electron chi connectivity index (χ4n) is 1.58. The van der Waals surface area contributed by atoms with Crippen LogP contribution in [0.3, 0.4) is 0 Å². The molecule has 0 fully saturated rings. The van der Waals surface area contributed by atoms with Gasteiger partial charge in [0.1, 0.15) is 0 Å². The Morgan fingerprint density at radius 2 is 1.69 bits per heavy atom. The number of hydrogen-bond acceptors (Lipinski definition) is 0. The third kappa shape index (κ3) is 2.74. The van der Waals surface area contributed by atoms with Gasteiger partial charge in [-0.3, -0.25) is 0 Å². The molecule has 0 aliphatic rings. The third-order valence-corrected chi connectivity index (χ3v) is 2.72. The largest absolute Gasteiger partial charge is 0.0843 e. The number of hydrogen-bond donors (Lipinski definition) is 0. The highest BCUT2D eigenvalue weighted by molar-refractivity contribution is 6.30.